The smallest absolute Gasteiger partial charge is 0.470 e. The van der Waals surface area contributed by atoms with Crippen LogP contribution in [0.5, 0.6) is 0 Å². The van der Waals surface area contributed by atoms with Gasteiger partial charge in [0.05, 0.1) is 226 Å². The fourth-order valence-corrected chi connectivity index (χ4v) is 9.11. The molecule has 0 amide bonds. The quantitative estimate of drug-likeness (QED) is 0.0448. The number of rotatable bonds is 8. The minimum Gasteiger partial charge on any atom is -0.786 e. The molecule has 0 aliphatic heterocycles. The number of pyridine rings is 8. The van der Waals surface area contributed by atoms with Gasteiger partial charge in [-0.3, -0.25) is 77.1 Å². The van der Waals surface area contributed by atoms with E-state index in [2.05, 4.69) is 0 Å². The minimum atomic E-state index is -5.64. The summed E-state index contributed by atoms with van der Waals surface area (Å²) < 4.78 is 98.1. The summed E-state index contributed by atoms with van der Waals surface area (Å²) in [4.78, 5) is 216. The van der Waals surface area contributed by atoms with Crippen LogP contribution in [0.4, 0.5) is 16.8 Å². The van der Waals surface area contributed by atoms with Gasteiger partial charge in [-0.2, -0.15) is 0 Å². The van der Waals surface area contributed by atoms with E-state index in [1.807, 2.05) is 226 Å². The Morgan fingerprint density at radius 2 is 0.271 bits per heavy atom. The van der Waals surface area contributed by atoms with Crippen molar-refractivity contribution in [1.29, 1.82) is 0 Å². The maximum absolute atomic E-state index is 11.4. The van der Waals surface area contributed by atoms with Crippen LogP contribution in [0.2, 0.25) is 0 Å². The van der Waals surface area contributed by atoms with E-state index in [0.717, 1.165) is 0 Å². The van der Waals surface area contributed by atoms with E-state index in [1.54, 1.807) is 222 Å². The summed E-state index contributed by atoms with van der Waals surface area (Å²) in [6.07, 6.45) is 12.6. The van der Waals surface area contributed by atoms with Crippen molar-refractivity contribution in [2.75, 3.05) is 226 Å². The molecule has 0 bridgehead atoms. The summed E-state index contributed by atoms with van der Waals surface area (Å²) in [7, 11) is 36.7. The molecule has 140 heavy (non-hydrogen) atoms. The topological polar surface area (TPSA) is 553 Å². The summed E-state index contributed by atoms with van der Waals surface area (Å²) >= 11 is 0. The highest BCUT2D eigenvalue weighted by molar-refractivity contribution is 7.43. The van der Waals surface area contributed by atoms with Gasteiger partial charge in [-0.05, 0) is 48.5 Å². The molecular formula is C80H128F4N24O28P4. The van der Waals surface area contributed by atoms with Gasteiger partial charge in [-0.25, -0.2) is 92.6 Å². The van der Waals surface area contributed by atoms with E-state index in [-0.39, 0.29) is 44.5 Å². The molecule has 52 nitrogen and oxygen atoms in total. The molecule has 60 heteroatoms. The highest BCUT2D eigenvalue weighted by Gasteiger charge is 2.22. The third kappa shape index (κ3) is 65.0. The molecule has 0 spiro atoms. The maximum atomic E-state index is 11.4. The largest absolute Gasteiger partial charge is 0.786 e. The van der Waals surface area contributed by atoms with E-state index < -0.39 is 31.6 Å². The predicted molar refractivity (Wildman–Crippen MR) is 500 cm³/mol. The molecule has 0 aromatic carbocycles. The molecule has 0 aliphatic carbocycles. The van der Waals surface area contributed by atoms with Crippen LogP contribution in [0.1, 0.15) is 0 Å². The highest BCUT2D eigenvalue weighted by Crippen LogP contribution is 2.24. The van der Waals surface area contributed by atoms with Gasteiger partial charge in [0, 0.05) is 98.1 Å². The Morgan fingerprint density at radius 1 is 0.200 bits per heavy atom. The first kappa shape index (κ1) is 132. The van der Waals surface area contributed by atoms with Crippen molar-refractivity contribution < 1.29 is 150 Å². The van der Waals surface area contributed by atoms with Crippen molar-refractivity contribution in [3.63, 3.8) is 0 Å². The number of nitrogens with zero attached hydrogens (tertiary/aromatic N) is 24. The van der Waals surface area contributed by atoms with E-state index in [0.29, 0.717) is 48.2 Å². The third-order valence-electron chi connectivity index (χ3n) is 13.9. The van der Waals surface area contributed by atoms with Crippen molar-refractivity contribution in [1.82, 2.24) is 77.0 Å². The Labute approximate surface area is 806 Å². The lowest BCUT2D eigenvalue weighted by Gasteiger charge is -2.15. The molecule has 0 N–H and O–H groups in total. The summed E-state index contributed by atoms with van der Waals surface area (Å²) in [5.74, 6) is 0. The van der Waals surface area contributed by atoms with E-state index in [9.17, 15) is 55.1 Å². The van der Waals surface area contributed by atoms with Gasteiger partial charge in [0.25, 0.3) is 44.5 Å². The first-order valence-electron chi connectivity index (χ1n) is 39.6. The second-order valence-corrected chi connectivity index (χ2v) is 33.4. The van der Waals surface area contributed by atoms with Crippen LogP contribution in [0.25, 0.3) is 0 Å². The van der Waals surface area contributed by atoms with Crippen LogP contribution < -0.4 is 122 Å². The van der Waals surface area contributed by atoms with E-state index in [1.165, 1.54) is 86.4 Å². The van der Waals surface area contributed by atoms with E-state index in [4.69, 9.17) is 96.1 Å². The Balaban J connectivity index is -0.000000733. The zero-order chi connectivity index (χ0) is 109. The van der Waals surface area contributed by atoms with Crippen LogP contribution in [0, 0.1) is 0 Å². The maximum Gasteiger partial charge on any atom is 0.470 e. The van der Waals surface area contributed by atoms with Crippen molar-refractivity contribution in [2.24, 2.45) is 0 Å². The van der Waals surface area contributed by atoms with Crippen molar-refractivity contribution >= 4 is 79.8 Å². The third-order valence-corrected chi connectivity index (χ3v) is 13.9. The number of amidine groups is 8. The van der Waals surface area contributed by atoms with E-state index >= 15 is 0 Å². The molecule has 0 atom stereocenters. The lowest BCUT2D eigenvalue weighted by atomic mass is 10.5. The van der Waals surface area contributed by atoms with Crippen LogP contribution in [0.3, 0.4) is 0 Å². The molecule has 0 fully saturated rings. The Hall–Kier alpha value is -13.9. The highest BCUT2D eigenvalue weighted by atomic mass is 31.2. The van der Waals surface area contributed by atoms with Crippen molar-refractivity contribution in [2.45, 2.75) is 0 Å². The SMILES string of the molecule is CN(C)C(On1ccccc1=O)=[N+](C)C.CN(C)C(On1ccccc1=O)=[N+](C)C.CN(C)C(On1ccccc1=O)=[N+](C)C.CN(C)C(On1ccccc1=O)=[N+](C)C.CN(C)C(On1ccccc1=O)=[N+](C)C.CN(C)C(On1ccccc1=O)=[N+](C)C.CN(C)C(On1ccccc1=O)=[N+](C)C.CN(C)C(On1ccccc1=O)=[N+](C)C.O=P([O-])([O-])F.O=P([O-])([O-])F.O=P([O-])([O-])F.O=P([O-])([O-])F. The first-order chi connectivity index (χ1) is 64.2. The van der Waals surface area contributed by atoms with Gasteiger partial charge in [0.2, 0.25) is 0 Å². The molecule has 0 unspecified atom stereocenters. The molecule has 8 rings (SSSR count). The van der Waals surface area contributed by atoms with Gasteiger partial charge < -0.3 is 57.4 Å². The molecule has 0 saturated carbocycles. The molecule has 8 aromatic heterocycles. The average Bonchev–Trinajstić information content (AvgIpc) is 0.906. The average molecular weight is 2070 g/mol. The number of halogens is 4. The number of hydrogen-bond donors (Lipinski definition) is 0. The van der Waals surface area contributed by atoms with Crippen LogP contribution >= 0.6 is 31.6 Å². The van der Waals surface area contributed by atoms with Gasteiger partial charge in [0.15, 0.2) is 0 Å². The first-order valence-corrected chi connectivity index (χ1v) is 45.4. The van der Waals surface area contributed by atoms with Gasteiger partial charge >= 0.3 is 48.2 Å². The summed E-state index contributed by atoms with van der Waals surface area (Å²) in [5, 5.41) is 0. The molecule has 8 aromatic rings. The summed E-state index contributed by atoms with van der Waals surface area (Å²) in [5.41, 5.74) is -1.57. The van der Waals surface area contributed by atoms with Crippen molar-refractivity contribution in [3.05, 3.63) is 278 Å². The van der Waals surface area contributed by atoms with Crippen LogP contribution in [-0.2, 0) is 18.3 Å². The van der Waals surface area contributed by atoms with Gasteiger partial charge in [0.1, 0.15) is 31.6 Å². The Kier molecular flexibility index (Phi) is 62.9. The monoisotopic (exact) mass is 2070 g/mol. The second kappa shape index (κ2) is 66.6. The Morgan fingerprint density at radius 3 is 0.321 bits per heavy atom. The normalized spacial score (nSPS) is 9.91. The van der Waals surface area contributed by atoms with Crippen LogP contribution in [-0.4, -0.2) is 387 Å². The second-order valence-electron chi connectivity index (χ2n) is 29.9. The van der Waals surface area contributed by atoms with Crippen molar-refractivity contribution in [3.8, 4) is 0 Å². The minimum absolute atomic E-state index is 0.196. The van der Waals surface area contributed by atoms with Crippen LogP contribution in [0.15, 0.2) is 234 Å². The number of hydrogen-bond acceptors (Lipinski definition) is 28. The Bertz CT molecular complexity index is 5020. The molecular weight excluding hydrogens is 1940 g/mol. The molecule has 0 saturated heterocycles. The fourth-order valence-electron chi connectivity index (χ4n) is 9.11. The molecule has 784 valence electrons. The zero-order valence-corrected chi connectivity index (χ0v) is 87.5. The molecule has 0 aliphatic rings. The fraction of sp³-hybridized carbons (Fsp3) is 0.400. The zero-order valence-electron chi connectivity index (χ0n) is 83.9. The van der Waals surface area contributed by atoms with Gasteiger partial charge in [-0.1, -0.05) is 48.5 Å². The molecule has 0 radical (unpaired) electrons. The lowest BCUT2D eigenvalue weighted by Crippen LogP contribution is -2.41. The standard InChI is InChI=1S/8C10H16N3O2.4FH2O3P/c8*1-11(2)10(12(3)4)15-13-8-6-5-7-9(13)14;4*1-5(2,3)4/h8*5-8H,1-4H3;4*(H2,2,3,4)/q8*+1;;;;/p-8. The predicted octanol–water partition coefficient (Wildman–Crippen LogP) is -9.13. The summed E-state index contributed by atoms with van der Waals surface area (Å²) in [6.45, 7) is 0. The lowest BCUT2D eigenvalue weighted by molar-refractivity contribution is -0.480. The van der Waals surface area contributed by atoms with Gasteiger partial charge in [-0.15, -0.1) is 37.8 Å². The summed E-state index contributed by atoms with van der Waals surface area (Å²) in [6, 6.07) is 43.6. The number of aromatic nitrogens is 8. The molecule has 8 heterocycles.